The van der Waals surface area contributed by atoms with Gasteiger partial charge in [0.05, 0.1) is 35.6 Å². The van der Waals surface area contributed by atoms with Gasteiger partial charge in [0.2, 0.25) is 17.7 Å². The van der Waals surface area contributed by atoms with Gasteiger partial charge in [-0.2, -0.15) is 13.2 Å². The molecule has 2 aromatic rings. The molecule has 1 heterocycles. The van der Waals surface area contributed by atoms with Crippen LogP contribution in [0.5, 0.6) is 5.88 Å². The molecule has 0 aliphatic rings. The number of carbonyl (C=O) groups is 3. The van der Waals surface area contributed by atoms with Crippen molar-refractivity contribution in [2.45, 2.75) is 6.18 Å². The molecule has 3 N–H and O–H groups in total. The van der Waals surface area contributed by atoms with Gasteiger partial charge < -0.3 is 20.7 Å². The van der Waals surface area contributed by atoms with Gasteiger partial charge in [-0.05, 0) is 24.3 Å². The van der Waals surface area contributed by atoms with E-state index in [1.807, 2.05) is 0 Å². The highest BCUT2D eigenvalue weighted by Crippen LogP contribution is 2.21. The number of nitrogens with one attached hydrogen (secondary N) is 3. The van der Waals surface area contributed by atoms with Crippen molar-refractivity contribution in [2.75, 3.05) is 25.0 Å². The molecule has 0 radical (unpaired) electrons. The molecule has 0 aliphatic heterocycles. The van der Waals surface area contributed by atoms with E-state index in [0.717, 1.165) is 12.3 Å². The van der Waals surface area contributed by atoms with Crippen LogP contribution in [-0.2, 0) is 9.59 Å². The smallest absolute Gasteiger partial charge is 0.422 e. The highest BCUT2D eigenvalue weighted by atomic mass is 35.5. The summed E-state index contributed by atoms with van der Waals surface area (Å²) in [7, 11) is 0. The van der Waals surface area contributed by atoms with E-state index in [0.29, 0.717) is 5.02 Å². The number of hydrogen-bond acceptors (Lipinski definition) is 5. The van der Waals surface area contributed by atoms with Gasteiger partial charge in [-0.1, -0.05) is 23.2 Å². The van der Waals surface area contributed by atoms with Crippen molar-refractivity contribution >= 4 is 46.6 Å². The molecule has 0 bridgehead atoms. The van der Waals surface area contributed by atoms with Crippen LogP contribution in [-0.4, -0.2) is 48.6 Å². The molecule has 0 atom stereocenters. The minimum Gasteiger partial charge on any atom is -0.468 e. The van der Waals surface area contributed by atoms with Crippen LogP contribution in [0.2, 0.25) is 10.0 Å². The first-order valence-electron chi connectivity index (χ1n) is 8.49. The molecule has 3 amide bonds. The van der Waals surface area contributed by atoms with Gasteiger partial charge in [0.1, 0.15) is 0 Å². The first kappa shape index (κ1) is 24.2. The number of pyridine rings is 1. The fourth-order valence-electron chi connectivity index (χ4n) is 2.07. The Kier molecular flexibility index (Phi) is 8.46. The fraction of sp³-hybridized carbons (Fsp3) is 0.222. The summed E-state index contributed by atoms with van der Waals surface area (Å²) >= 11 is 11.7. The van der Waals surface area contributed by atoms with E-state index < -0.39 is 43.6 Å². The van der Waals surface area contributed by atoms with Crippen molar-refractivity contribution in [2.24, 2.45) is 0 Å². The highest BCUT2D eigenvalue weighted by Gasteiger charge is 2.28. The van der Waals surface area contributed by atoms with E-state index in [2.05, 4.69) is 25.7 Å². The molecule has 8 nitrogen and oxygen atoms in total. The number of hydrogen-bond donors (Lipinski definition) is 3. The second kappa shape index (κ2) is 10.8. The summed E-state index contributed by atoms with van der Waals surface area (Å²) in [6.45, 7) is -2.31. The van der Waals surface area contributed by atoms with E-state index in [1.165, 1.54) is 24.3 Å². The van der Waals surface area contributed by atoms with E-state index >= 15 is 0 Å². The minimum atomic E-state index is -4.49. The normalized spacial score (nSPS) is 10.9. The van der Waals surface area contributed by atoms with Gasteiger partial charge in [0.15, 0.2) is 6.61 Å². The fourth-order valence-corrected chi connectivity index (χ4v) is 2.57. The Morgan fingerprint density at radius 2 is 1.71 bits per heavy atom. The number of amides is 3. The number of ether oxygens (including phenoxy) is 1. The van der Waals surface area contributed by atoms with Crippen LogP contribution in [0.3, 0.4) is 0 Å². The van der Waals surface area contributed by atoms with Crippen LogP contribution in [0.15, 0.2) is 36.5 Å². The van der Waals surface area contributed by atoms with Crippen molar-refractivity contribution in [3.63, 3.8) is 0 Å². The summed E-state index contributed by atoms with van der Waals surface area (Å²) in [6, 6.07) is 6.69. The quantitative estimate of drug-likeness (QED) is 0.540. The molecule has 0 saturated carbocycles. The van der Waals surface area contributed by atoms with Crippen molar-refractivity contribution in [1.82, 2.24) is 15.6 Å². The Hall–Kier alpha value is -3.05. The summed E-state index contributed by atoms with van der Waals surface area (Å²) in [6.07, 6.45) is -3.39. The lowest BCUT2D eigenvalue weighted by atomic mass is 10.2. The zero-order valence-corrected chi connectivity index (χ0v) is 17.1. The molecule has 0 unspecified atom stereocenters. The molecular formula is C18H15Cl2F3N4O4. The summed E-state index contributed by atoms with van der Waals surface area (Å²) in [5.74, 6) is -2.12. The van der Waals surface area contributed by atoms with Gasteiger partial charge in [-0.15, -0.1) is 0 Å². The average Bonchev–Trinajstić information content (AvgIpc) is 2.69. The van der Waals surface area contributed by atoms with E-state index in [9.17, 15) is 27.6 Å². The molecule has 1 aromatic carbocycles. The summed E-state index contributed by atoms with van der Waals surface area (Å²) in [5, 5.41) is 7.50. The predicted octanol–water partition coefficient (Wildman–Crippen LogP) is 2.81. The van der Waals surface area contributed by atoms with Crippen molar-refractivity contribution in [1.29, 1.82) is 0 Å². The number of alkyl halides is 3. The van der Waals surface area contributed by atoms with Gasteiger partial charge in [0, 0.05) is 11.1 Å². The molecule has 0 saturated heterocycles. The maximum absolute atomic E-state index is 12.1. The number of anilines is 1. The van der Waals surface area contributed by atoms with Crippen molar-refractivity contribution in [3.8, 4) is 5.88 Å². The third kappa shape index (κ3) is 8.69. The average molecular weight is 479 g/mol. The van der Waals surface area contributed by atoms with Crippen LogP contribution in [0.25, 0.3) is 0 Å². The van der Waals surface area contributed by atoms with E-state index in [-0.39, 0.29) is 22.2 Å². The van der Waals surface area contributed by atoms with Gasteiger partial charge >= 0.3 is 6.18 Å². The summed E-state index contributed by atoms with van der Waals surface area (Å²) in [5.41, 5.74) is 0.316. The largest absolute Gasteiger partial charge is 0.468 e. The monoisotopic (exact) mass is 478 g/mol. The molecule has 0 spiro atoms. The lowest BCUT2D eigenvalue weighted by Gasteiger charge is -2.10. The highest BCUT2D eigenvalue weighted by molar-refractivity contribution is 6.36. The lowest BCUT2D eigenvalue weighted by Crippen LogP contribution is -2.40. The number of halogens is 5. The molecule has 31 heavy (non-hydrogen) atoms. The maximum Gasteiger partial charge on any atom is 0.422 e. The molecule has 0 aliphatic carbocycles. The maximum atomic E-state index is 12.1. The number of rotatable bonds is 8. The van der Waals surface area contributed by atoms with Gasteiger partial charge in [-0.25, -0.2) is 4.98 Å². The number of nitrogens with zero attached hydrogens (tertiary/aromatic N) is 1. The van der Waals surface area contributed by atoms with Crippen LogP contribution < -0.4 is 20.7 Å². The molecule has 2 rings (SSSR count). The first-order valence-corrected chi connectivity index (χ1v) is 9.24. The minimum absolute atomic E-state index is 0.119. The Morgan fingerprint density at radius 3 is 2.32 bits per heavy atom. The van der Waals surface area contributed by atoms with Crippen LogP contribution in [0.4, 0.5) is 18.9 Å². The lowest BCUT2D eigenvalue weighted by molar-refractivity contribution is -0.154. The molecule has 13 heteroatoms. The third-order valence-corrected chi connectivity index (χ3v) is 3.98. The molecular weight excluding hydrogens is 464 g/mol. The molecule has 0 fully saturated rings. The van der Waals surface area contributed by atoms with Crippen LogP contribution in [0.1, 0.15) is 10.4 Å². The van der Waals surface area contributed by atoms with Gasteiger partial charge in [0.25, 0.3) is 5.91 Å². The Balaban J connectivity index is 1.73. The topological polar surface area (TPSA) is 109 Å². The standard InChI is InChI=1S/C18H15Cl2F3N4O4/c19-10-1-3-12(13(20)5-10)17(30)26-7-14(28)24-8-15(29)27-11-2-4-16(25-6-11)31-9-18(21,22)23/h1-6H,7-9H2,(H,24,28)(H,26,30)(H,27,29). The zero-order chi connectivity index (χ0) is 23.0. The van der Waals surface area contributed by atoms with Crippen molar-refractivity contribution in [3.05, 3.63) is 52.1 Å². The molecule has 1 aromatic heterocycles. The first-order chi connectivity index (χ1) is 14.5. The summed E-state index contributed by atoms with van der Waals surface area (Å²) in [4.78, 5) is 39.3. The second-order valence-electron chi connectivity index (χ2n) is 5.92. The Bertz CT molecular complexity index is 956. The van der Waals surface area contributed by atoms with E-state index in [4.69, 9.17) is 23.2 Å². The second-order valence-corrected chi connectivity index (χ2v) is 6.76. The SMILES string of the molecule is O=C(CNC(=O)c1ccc(Cl)cc1Cl)NCC(=O)Nc1ccc(OCC(F)(F)F)nc1. The van der Waals surface area contributed by atoms with E-state index in [1.54, 1.807) is 0 Å². The third-order valence-electron chi connectivity index (χ3n) is 3.44. The number of benzene rings is 1. The zero-order valence-electron chi connectivity index (χ0n) is 15.6. The number of aromatic nitrogens is 1. The van der Waals surface area contributed by atoms with Crippen LogP contribution >= 0.6 is 23.2 Å². The predicted molar refractivity (Wildman–Crippen MR) is 106 cm³/mol. The molecule has 166 valence electrons. The van der Waals surface area contributed by atoms with Crippen molar-refractivity contribution < 1.29 is 32.3 Å². The summed E-state index contributed by atoms with van der Waals surface area (Å²) < 4.78 is 40.7. The van der Waals surface area contributed by atoms with Crippen LogP contribution in [0, 0.1) is 0 Å². The Labute approximate surface area is 184 Å². The van der Waals surface area contributed by atoms with Gasteiger partial charge in [-0.3, -0.25) is 14.4 Å². The number of carbonyl (C=O) groups excluding carboxylic acids is 3. The Morgan fingerprint density at radius 1 is 1.00 bits per heavy atom.